The van der Waals surface area contributed by atoms with E-state index in [0.717, 1.165) is 43.0 Å². The average molecular weight is 346 g/mol. The number of thiazole rings is 1. The Morgan fingerprint density at radius 2 is 2.00 bits per heavy atom. The molecule has 1 aromatic carbocycles. The molecule has 0 aliphatic heterocycles. The smallest absolute Gasteiger partial charge is 0.231 e. The van der Waals surface area contributed by atoms with E-state index in [4.69, 9.17) is 4.98 Å². The molecule has 1 saturated carbocycles. The van der Waals surface area contributed by atoms with Crippen molar-refractivity contribution in [2.24, 2.45) is 5.92 Å². The zero-order chi connectivity index (χ0) is 17.3. The van der Waals surface area contributed by atoms with Crippen LogP contribution in [0.3, 0.4) is 0 Å². The quantitative estimate of drug-likeness (QED) is 0.794. The molecule has 0 bridgehead atoms. The number of anilines is 1. The molecule has 5 heteroatoms. The molecule has 1 aliphatic rings. The van der Waals surface area contributed by atoms with E-state index in [0.29, 0.717) is 0 Å². The third kappa shape index (κ3) is 3.47. The van der Waals surface area contributed by atoms with Crippen molar-refractivity contribution in [3.63, 3.8) is 0 Å². The zero-order valence-corrected chi connectivity index (χ0v) is 15.9. The number of carbonyl (C=O) groups excluding carboxylic acids is 1. The Kier molecular flexibility index (Phi) is 5.21. The van der Waals surface area contributed by atoms with Crippen molar-refractivity contribution in [2.75, 3.05) is 32.1 Å². The van der Waals surface area contributed by atoms with Gasteiger partial charge in [0.15, 0.2) is 5.13 Å². The second kappa shape index (κ2) is 7.19. The Balaban J connectivity index is 1.88. The largest absolute Gasteiger partial charge is 0.309 e. The molecule has 1 aliphatic carbocycles. The lowest BCUT2D eigenvalue weighted by atomic mass is 9.84. The minimum Gasteiger partial charge on any atom is -0.309 e. The summed E-state index contributed by atoms with van der Waals surface area (Å²) in [5.74, 6) is 0.479. The molecular formula is C19H27N3OS. The van der Waals surface area contributed by atoms with Crippen LogP contribution in [0.4, 0.5) is 5.13 Å². The van der Waals surface area contributed by atoms with Crippen molar-refractivity contribution in [2.45, 2.75) is 39.5 Å². The van der Waals surface area contributed by atoms with Gasteiger partial charge in [0.25, 0.3) is 0 Å². The maximum atomic E-state index is 12.9. The summed E-state index contributed by atoms with van der Waals surface area (Å²) in [5, 5.41) is 0.870. The molecule has 0 atom stereocenters. The predicted molar refractivity (Wildman–Crippen MR) is 102 cm³/mol. The zero-order valence-electron chi connectivity index (χ0n) is 15.1. The Bertz CT molecular complexity index is 734. The van der Waals surface area contributed by atoms with Gasteiger partial charge in [0, 0.05) is 12.5 Å². The van der Waals surface area contributed by atoms with E-state index in [9.17, 15) is 4.79 Å². The Morgan fingerprint density at radius 1 is 1.25 bits per heavy atom. The highest BCUT2D eigenvalue weighted by Crippen LogP contribution is 2.35. The fourth-order valence-electron chi connectivity index (χ4n) is 3.05. The Morgan fingerprint density at radius 3 is 2.62 bits per heavy atom. The summed E-state index contributed by atoms with van der Waals surface area (Å²) in [5.41, 5.74) is 3.53. The number of carbonyl (C=O) groups is 1. The molecule has 24 heavy (non-hydrogen) atoms. The lowest BCUT2D eigenvalue weighted by Crippen LogP contribution is -2.40. The first-order valence-electron chi connectivity index (χ1n) is 8.80. The van der Waals surface area contributed by atoms with Gasteiger partial charge in [-0.3, -0.25) is 9.69 Å². The maximum absolute atomic E-state index is 12.9. The summed E-state index contributed by atoms with van der Waals surface area (Å²) in [4.78, 5) is 21.9. The van der Waals surface area contributed by atoms with Gasteiger partial charge in [-0.25, -0.2) is 4.98 Å². The highest BCUT2D eigenvalue weighted by atomic mass is 32.1. The molecule has 4 nitrogen and oxygen atoms in total. The van der Waals surface area contributed by atoms with Gasteiger partial charge in [-0.2, -0.15) is 0 Å². The van der Waals surface area contributed by atoms with E-state index in [2.05, 4.69) is 45.0 Å². The van der Waals surface area contributed by atoms with E-state index in [-0.39, 0.29) is 11.8 Å². The van der Waals surface area contributed by atoms with Crippen LogP contribution in [0.1, 0.15) is 36.8 Å². The van der Waals surface area contributed by atoms with Gasteiger partial charge in [-0.1, -0.05) is 23.8 Å². The summed E-state index contributed by atoms with van der Waals surface area (Å²) >= 11 is 1.65. The summed E-state index contributed by atoms with van der Waals surface area (Å²) < 4.78 is 1.17. The van der Waals surface area contributed by atoms with Crippen LogP contribution in [0.5, 0.6) is 0 Å². The number of nitrogens with zero attached hydrogens (tertiary/aromatic N) is 3. The van der Waals surface area contributed by atoms with Gasteiger partial charge in [-0.15, -0.1) is 0 Å². The first kappa shape index (κ1) is 17.4. The molecule has 130 valence electrons. The fourth-order valence-corrected chi connectivity index (χ4v) is 4.11. The molecule has 2 aromatic rings. The summed E-state index contributed by atoms with van der Waals surface area (Å²) in [6.45, 7) is 5.97. The second-order valence-electron chi connectivity index (χ2n) is 7.13. The van der Waals surface area contributed by atoms with Crippen LogP contribution in [0, 0.1) is 19.8 Å². The molecule has 0 unspecified atom stereocenters. The highest BCUT2D eigenvalue weighted by molar-refractivity contribution is 7.22. The van der Waals surface area contributed by atoms with Crippen LogP contribution in [-0.2, 0) is 4.79 Å². The number of benzene rings is 1. The van der Waals surface area contributed by atoms with Crippen molar-refractivity contribution in [3.8, 4) is 0 Å². The Labute approximate surface area is 148 Å². The van der Waals surface area contributed by atoms with Crippen molar-refractivity contribution < 1.29 is 4.79 Å². The van der Waals surface area contributed by atoms with Crippen molar-refractivity contribution in [3.05, 3.63) is 23.3 Å². The molecule has 1 fully saturated rings. The van der Waals surface area contributed by atoms with E-state index in [1.807, 2.05) is 4.90 Å². The third-order valence-corrected chi connectivity index (χ3v) is 6.06. The topological polar surface area (TPSA) is 36.4 Å². The third-order valence-electron chi connectivity index (χ3n) is 5.01. The minimum absolute atomic E-state index is 0.208. The van der Waals surface area contributed by atoms with Gasteiger partial charge in [0.05, 0.1) is 10.2 Å². The van der Waals surface area contributed by atoms with E-state index in [1.54, 1.807) is 11.3 Å². The first-order valence-corrected chi connectivity index (χ1v) is 9.62. The van der Waals surface area contributed by atoms with Crippen molar-refractivity contribution in [1.82, 2.24) is 9.88 Å². The van der Waals surface area contributed by atoms with Gasteiger partial charge in [0.1, 0.15) is 0 Å². The molecule has 1 aromatic heterocycles. The fraction of sp³-hybridized carbons (Fsp3) is 0.579. The van der Waals surface area contributed by atoms with Gasteiger partial charge in [-0.05, 0) is 70.9 Å². The number of rotatable bonds is 6. The minimum atomic E-state index is 0.208. The van der Waals surface area contributed by atoms with Crippen molar-refractivity contribution in [1.29, 1.82) is 0 Å². The van der Waals surface area contributed by atoms with Crippen molar-refractivity contribution >= 4 is 32.6 Å². The van der Waals surface area contributed by atoms with Crippen LogP contribution in [-0.4, -0.2) is 43.0 Å². The normalized spacial score (nSPS) is 15.0. The maximum Gasteiger partial charge on any atom is 0.231 e. The average Bonchev–Trinajstić information content (AvgIpc) is 2.90. The number of hydrogen-bond acceptors (Lipinski definition) is 4. The van der Waals surface area contributed by atoms with Crippen LogP contribution in [0.25, 0.3) is 10.2 Å². The first-order chi connectivity index (χ1) is 11.5. The monoisotopic (exact) mass is 345 g/mol. The lowest BCUT2D eigenvalue weighted by Gasteiger charge is -2.30. The molecule has 0 N–H and O–H groups in total. The lowest BCUT2D eigenvalue weighted by molar-refractivity contribution is -0.124. The molecule has 1 heterocycles. The summed E-state index contributed by atoms with van der Waals surface area (Å²) in [6, 6.07) is 4.27. The van der Waals surface area contributed by atoms with Crippen LogP contribution in [0.2, 0.25) is 0 Å². The number of aromatic nitrogens is 1. The molecule has 0 saturated heterocycles. The number of amides is 1. The van der Waals surface area contributed by atoms with Gasteiger partial charge in [0.2, 0.25) is 5.91 Å². The van der Waals surface area contributed by atoms with Gasteiger partial charge >= 0.3 is 0 Å². The SMILES string of the molecule is Cc1ccc2sc(N(CCCN(C)C)C(=O)C3CCC3)nc2c1C. The standard InChI is InChI=1S/C19H27N3OS/c1-13-9-10-16-17(14(13)2)20-19(24-16)22(12-6-11-21(3)4)18(23)15-7-5-8-15/h9-10,15H,5-8,11-12H2,1-4H3. The number of hydrogen-bond donors (Lipinski definition) is 0. The number of fused-ring (bicyclic) bond motifs is 1. The van der Waals surface area contributed by atoms with Crippen LogP contribution < -0.4 is 4.90 Å². The summed E-state index contributed by atoms with van der Waals surface area (Å²) in [6.07, 6.45) is 4.22. The van der Waals surface area contributed by atoms with Gasteiger partial charge < -0.3 is 4.90 Å². The molecule has 0 spiro atoms. The van der Waals surface area contributed by atoms with E-state index < -0.39 is 0 Å². The highest BCUT2D eigenvalue weighted by Gasteiger charge is 2.31. The van der Waals surface area contributed by atoms with E-state index in [1.165, 1.54) is 22.2 Å². The summed E-state index contributed by atoms with van der Waals surface area (Å²) in [7, 11) is 4.14. The molecule has 1 amide bonds. The van der Waals surface area contributed by atoms with Crippen LogP contribution in [0.15, 0.2) is 12.1 Å². The second-order valence-corrected chi connectivity index (χ2v) is 8.13. The predicted octanol–water partition coefficient (Wildman–Crippen LogP) is 4.00. The molecule has 0 radical (unpaired) electrons. The Hall–Kier alpha value is -1.46. The van der Waals surface area contributed by atoms with E-state index >= 15 is 0 Å². The molecule has 3 rings (SSSR count). The number of aryl methyl sites for hydroxylation is 2. The molecular weight excluding hydrogens is 318 g/mol. The van der Waals surface area contributed by atoms with Crippen LogP contribution >= 0.6 is 11.3 Å².